The molecule has 13 heteroatoms. The number of imidazole rings is 1. The van der Waals surface area contributed by atoms with E-state index in [-0.39, 0.29) is 48.1 Å². The summed E-state index contributed by atoms with van der Waals surface area (Å²) in [6, 6.07) is 8.79. The molecule has 1 aromatic carbocycles. The molecule has 42 heavy (non-hydrogen) atoms. The highest BCUT2D eigenvalue weighted by atomic mass is 19.1. The molecule has 0 radical (unpaired) electrons. The Morgan fingerprint density at radius 2 is 1.98 bits per heavy atom. The summed E-state index contributed by atoms with van der Waals surface area (Å²) in [5.74, 6) is -1.43. The Morgan fingerprint density at radius 1 is 1.19 bits per heavy atom. The number of halogens is 3. The SMILES string of the molecule is C[C@H]1CN(c2ccncc2Nc2ncc3ccc(-c4c(F)cc(C5(F)COC5)cc4F)nn23)C[C@@H](N)[C@H]1OCCC#N. The van der Waals surface area contributed by atoms with Gasteiger partial charge in [0.15, 0.2) is 5.67 Å². The fourth-order valence-corrected chi connectivity index (χ4v) is 5.54. The van der Waals surface area contributed by atoms with Crippen LogP contribution in [0.25, 0.3) is 16.8 Å². The number of benzene rings is 1. The van der Waals surface area contributed by atoms with Gasteiger partial charge < -0.3 is 25.4 Å². The number of anilines is 3. The molecule has 0 saturated carbocycles. The second kappa shape index (κ2) is 11.2. The first-order chi connectivity index (χ1) is 20.3. The molecule has 0 unspecified atom stereocenters. The van der Waals surface area contributed by atoms with Crippen LogP contribution in [0.3, 0.4) is 0 Å². The standard InChI is InChI=1S/C29H29F3N8O2/c1-17-13-39(14-22(34)27(17)42-8-2-6-33)25-5-7-35-12-24(25)37-28-36-11-19-3-4-23(38-40(19)28)26-20(30)9-18(10-21(26)31)29(32)15-41-16-29/h3-5,7,9-12,17,22,27H,2,8,13-16,34H2,1H3,(H,36,37)/t17-,22+,27-/m0/s1. The average Bonchev–Trinajstić information content (AvgIpc) is 3.35. The number of ether oxygens (including phenoxy) is 2. The van der Waals surface area contributed by atoms with Crippen molar-refractivity contribution >= 4 is 22.8 Å². The van der Waals surface area contributed by atoms with Crippen LogP contribution in [0.2, 0.25) is 0 Å². The van der Waals surface area contributed by atoms with Gasteiger partial charge in [0, 0.05) is 31.2 Å². The second-order valence-electron chi connectivity index (χ2n) is 10.7. The maximum absolute atomic E-state index is 15.1. The fraction of sp³-hybridized carbons (Fsp3) is 0.379. The molecule has 0 bridgehead atoms. The molecule has 2 aliphatic rings. The van der Waals surface area contributed by atoms with Gasteiger partial charge in [0.05, 0.1) is 79.0 Å². The Labute approximate surface area is 239 Å². The third kappa shape index (κ3) is 5.13. The zero-order valence-electron chi connectivity index (χ0n) is 22.8. The molecule has 5 heterocycles. The molecule has 0 spiro atoms. The lowest BCUT2D eigenvalue weighted by atomic mass is 9.92. The van der Waals surface area contributed by atoms with Crippen molar-refractivity contribution in [2.24, 2.45) is 11.7 Å². The van der Waals surface area contributed by atoms with Gasteiger partial charge >= 0.3 is 0 Å². The van der Waals surface area contributed by atoms with Gasteiger partial charge in [0.1, 0.15) is 11.6 Å². The van der Waals surface area contributed by atoms with Crippen molar-refractivity contribution in [1.82, 2.24) is 19.6 Å². The molecule has 0 amide bonds. The van der Waals surface area contributed by atoms with Crippen molar-refractivity contribution in [2.75, 3.05) is 43.1 Å². The number of piperidine rings is 1. The van der Waals surface area contributed by atoms with Gasteiger partial charge in [0.25, 0.3) is 0 Å². The summed E-state index contributed by atoms with van der Waals surface area (Å²) in [6.45, 7) is 3.10. The normalized spacial score (nSPS) is 21.6. The summed E-state index contributed by atoms with van der Waals surface area (Å²) in [5, 5.41) is 16.5. The molecular weight excluding hydrogens is 549 g/mol. The Kier molecular flexibility index (Phi) is 7.44. The number of nitrogens with two attached hydrogens (primary N) is 1. The highest BCUT2D eigenvalue weighted by molar-refractivity contribution is 5.74. The van der Waals surface area contributed by atoms with Gasteiger partial charge in [-0.15, -0.1) is 0 Å². The van der Waals surface area contributed by atoms with Crippen LogP contribution in [0, 0.1) is 28.9 Å². The van der Waals surface area contributed by atoms with E-state index in [9.17, 15) is 4.39 Å². The molecule has 218 valence electrons. The highest BCUT2D eigenvalue weighted by Gasteiger charge is 2.42. The zero-order chi connectivity index (χ0) is 29.4. The van der Waals surface area contributed by atoms with Gasteiger partial charge in [0.2, 0.25) is 5.95 Å². The van der Waals surface area contributed by atoms with Gasteiger partial charge in [-0.2, -0.15) is 14.9 Å². The van der Waals surface area contributed by atoms with E-state index < -0.39 is 17.3 Å². The second-order valence-corrected chi connectivity index (χ2v) is 10.7. The van der Waals surface area contributed by atoms with Crippen LogP contribution in [0.15, 0.2) is 48.9 Å². The van der Waals surface area contributed by atoms with Crippen LogP contribution in [-0.4, -0.2) is 64.6 Å². The quantitative estimate of drug-likeness (QED) is 0.297. The molecule has 0 aliphatic carbocycles. The van der Waals surface area contributed by atoms with E-state index in [1.54, 1.807) is 24.7 Å². The van der Waals surface area contributed by atoms with Gasteiger partial charge in [-0.3, -0.25) is 4.98 Å². The largest absolute Gasteiger partial charge is 0.375 e. The van der Waals surface area contributed by atoms with Crippen LogP contribution in [0.1, 0.15) is 18.9 Å². The Morgan fingerprint density at radius 3 is 2.67 bits per heavy atom. The number of hydrogen-bond acceptors (Lipinski definition) is 9. The number of alkyl halides is 1. The lowest BCUT2D eigenvalue weighted by Crippen LogP contribution is -2.56. The molecule has 2 fully saturated rings. The van der Waals surface area contributed by atoms with Crippen molar-refractivity contribution in [3.8, 4) is 17.3 Å². The van der Waals surface area contributed by atoms with Crippen LogP contribution in [-0.2, 0) is 15.1 Å². The van der Waals surface area contributed by atoms with Crippen molar-refractivity contribution in [3.63, 3.8) is 0 Å². The molecule has 3 atom stereocenters. The smallest absolute Gasteiger partial charge is 0.229 e. The van der Waals surface area contributed by atoms with Gasteiger partial charge in [-0.25, -0.2) is 18.2 Å². The number of aromatic nitrogens is 4. The molecule has 3 aromatic heterocycles. The van der Waals surface area contributed by atoms with E-state index in [4.69, 9.17) is 20.5 Å². The van der Waals surface area contributed by atoms with Crippen molar-refractivity contribution in [1.29, 1.82) is 5.26 Å². The molecule has 3 N–H and O–H groups in total. The first-order valence-electron chi connectivity index (χ1n) is 13.6. The number of nitriles is 1. The van der Waals surface area contributed by atoms with E-state index in [0.717, 1.165) is 17.8 Å². The summed E-state index contributed by atoms with van der Waals surface area (Å²) in [7, 11) is 0. The van der Waals surface area contributed by atoms with Crippen molar-refractivity contribution in [2.45, 2.75) is 31.2 Å². The van der Waals surface area contributed by atoms with Crippen molar-refractivity contribution < 1.29 is 22.6 Å². The average molecular weight is 579 g/mol. The number of nitrogens with zero attached hydrogens (tertiary/aromatic N) is 6. The maximum Gasteiger partial charge on any atom is 0.229 e. The van der Waals surface area contributed by atoms with Crippen LogP contribution in [0.4, 0.5) is 30.5 Å². The third-order valence-corrected chi connectivity index (χ3v) is 7.69. The first-order valence-corrected chi connectivity index (χ1v) is 13.6. The van der Waals surface area contributed by atoms with Crippen molar-refractivity contribution in [3.05, 3.63) is 66.1 Å². The van der Waals surface area contributed by atoms with Crippen LogP contribution < -0.4 is 16.0 Å². The summed E-state index contributed by atoms with van der Waals surface area (Å²) >= 11 is 0. The summed E-state index contributed by atoms with van der Waals surface area (Å²) in [6.07, 6.45) is 5.06. The zero-order valence-corrected chi connectivity index (χ0v) is 22.8. The molecule has 10 nitrogen and oxygen atoms in total. The summed E-state index contributed by atoms with van der Waals surface area (Å²) in [5.41, 5.74) is 6.19. The maximum atomic E-state index is 15.1. The number of fused-ring (bicyclic) bond motifs is 1. The van der Waals surface area contributed by atoms with E-state index in [2.05, 4.69) is 38.3 Å². The topological polar surface area (TPSA) is 127 Å². The number of pyridine rings is 1. The predicted molar refractivity (Wildman–Crippen MR) is 149 cm³/mol. The lowest BCUT2D eigenvalue weighted by molar-refractivity contribution is -0.135. The molecular formula is C29H29F3N8O2. The minimum absolute atomic E-state index is 0.0209. The molecule has 2 saturated heterocycles. The first kappa shape index (κ1) is 27.9. The molecule has 4 aromatic rings. The number of hydrogen-bond donors (Lipinski definition) is 2. The minimum atomic E-state index is -1.90. The Bertz CT molecular complexity index is 1620. The summed E-state index contributed by atoms with van der Waals surface area (Å²) in [4.78, 5) is 10.8. The monoisotopic (exact) mass is 578 g/mol. The number of rotatable bonds is 8. The summed E-state index contributed by atoms with van der Waals surface area (Å²) < 4.78 is 57.2. The molecule has 6 rings (SSSR count). The number of nitrogens with one attached hydrogen (secondary N) is 1. The van der Waals surface area contributed by atoms with Gasteiger partial charge in [-0.05, 0) is 35.9 Å². The minimum Gasteiger partial charge on any atom is -0.375 e. The Hall–Kier alpha value is -4.25. The fourth-order valence-electron chi connectivity index (χ4n) is 5.54. The molecule has 2 aliphatic heterocycles. The van der Waals surface area contributed by atoms with Crippen LogP contribution >= 0.6 is 0 Å². The van der Waals surface area contributed by atoms with Gasteiger partial charge in [-0.1, -0.05) is 6.92 Å². The highest BCUT2D eigenvalue weighted by Crippen LogP contribution is 2.37. The third-order valence-electron chi connectivity index (χ3n) is 7.69. The van der Waals surface area contributed by atoms with E-state index >= 15 is 8.78 Å². The predicted octanol–water partition coefficient (Wildman–Crippen LogP) is 4.09. The van der Waals surface area contributed by atoms with Crippen LogP contribution in [0.5, 0.6) is 0 Å². The lowest BCUT2D eigenvalue weighted by Gasteiger charge is -2.42. The Balaban J connectivity index is 1.27. The van der Waals surface area contributed by atoms with E-state index in [1.807, 2.05) is 6.07 Å². The van der Waals surface area contributed by atoms with E-state index in [1.165, 1.54) is 10.6 Å². The van der Waals surface area contributed by atoms with E-state index in [0.29, 0.717) is 43.3 Å².